The standard InChI is InChI=1S/C13H19NO3/c15-12(16)7-14(6-8-1-2-8)13(17)11-5-10(11)9-3-4-9/h8-11H,1-7H2,(H,15,16)/t10-,11+/m0/s1. The van der Waals surface area contributed by atoms with E-state index in [1.54, 1.807) is 4.90 Å². The number of hydrogen-bond acceptors (Lipinski definition) is 2. The summed E-state index contributed by atoms with van der Waals surface area (Å²) in [7, 11) is 0. The Kier molecular flexibility index (Phi) is 2.60. The summed E-state index contributed by atoms with van der Waals surface area (Å²) < 4.78 is 0. The lowest BCUT2D eigenvalue weighted by Gasteiger charge is -2.20. The summed E-state index contributed by atoms with van der Waals surface area (Å²) in [5, 5.41) is 8.86. The highest BCUT2D eigenvalue weighted by Crippen LogP contribution is 2.55. The van der Waals surface area contributed by atoms with Gasteiger partial charge in [0.2, 0.25) is 5.91 Å². The van der Waals surface area contributed by atoms with Gasteiger partial charge in [-0.3, -0.25) is 9.59 Å². The number of carboxylic acid groups (broad SMARTS) is 1. The molecule has 0 aromatic heterocycles. The van der Waals surface area contributed by atoms with Crippen molar-refractivity contribution in [3.63, 3.8) is 0 Å². The van der Waals surface area contributed by atoms with Crippen molar-refractivity contribution < 1.29 is 14.7 Å². The van der Waals surface area contributed by atoms with Gasteiger partial charge in [0.1, 0.15) is 6.54 Å². The van der Waals surface area contributed by atoms with Crippen LogP contribution in [0.1, 0.15) is 32.1 Å². The number of carboxylic acids is 1. The van der Waals surface area contributed by atoms with E-state index in [1.165, 1.54) is 12.8 Å². The summed E-state index contributed by atoms with van der Waals surface area (Å²) in [5.41, 5.74) is 0. The lowest BCUT2D eigenvalue weighted by Crippen LogP contribution is -2.38. The average Bonchev–Trinajstić information content (AvgIpc) is 3.11. The highest BCUT2D eigenvalue weighted by atomic mass is 16.4. The Labute approximate surface area is 101 Å². The molecule has 3 saturated carbocycles. The Morgan fingerprint density at radius 3 is 2.41 bits per heavy atom. The molecular weight excluding hydrogens is 218 g/mol. The van der Waals surface area contributed by atoms with Gasteiger partial charge in [-0.1, -0.05) is 0 Å². The summed E-state index contributed by atoms with van der Waals surface area (Å²) in [6, 6.07) is 0. The Morgan fingerprint density at radius 1 is 1.18 bits per heavy atom. The fraction of sp³-hybridized carbons (Fsp3) is 0.846. The second kappa shape index (κ2) is 4.00. The van der Waals surface area contributed by atoms with Crippen LogP contribution in [-0.2, 0) is 9.59 Å². The van der Waals surface area contributed by atoms with Gasteiger partial charge in [0.15, 0.2) is 0 Å². The molecule has 1 amide bonds. The van der Waals surface area contributed by atoms with Crippen LogP contribution >= 0.6 is 0 Å². The molecule has 4 heteroatoms. The lowest BCUT2D eigenvalue weighted by atomic mass is 10.2. The highest BCUT2D eigenvalue weighted by Gasteiger charge is 2.52. The van der Waals surface area contributed by atoms with E-state index in [2.05, 4.69) is 0 Å². The maximum atomic E-state index is 12.2. The van der Waals surface area contributed by atoms with E-state index in [0.29, 0.717) is 18.4 Å². The summed E-state index contributed by atoms with van der Waals surface area (Å²) in [4.78, 5) is 24.6. The van der Waals surface area contributed by atoms with Gasteiger partial charge in [-0.25, -0.2) is 0 Å². The van der Waals surface area contributed by atoms with Gasteiger partial charge in [0.05, 0.1) is 0 Å². The van der Waals surface area contributed by atoms with Crippen LogP contribution in [0.4, 0.5) is 0 Å². The number of aliphatic carboxylic acids is 1. The Morgan fingerprint density at radius 2 is 1.88 bits per heavy atom. The normalized spacial score (nSPS) is 31.1. The molecule has 0 saturated heterocycles. The van der Waals surface area contributed by atoms with E-state index in [-0.39, 0.29) is 18.4 Å². The van der Waals surface area contributed by atoms with Crippen molar-refractivity contribution in [1.29, 1.82) is 0 Å². The predicted molar refractivity (Wildman–Crippen MR) is 61.3 cm³/mol. The molecule has 4 nitrogen and oxygen atoms in total. The Balaban J connectivity index is 1.56. The molecule has 0 spiro atoms. The fourth-order valence-corrected chi connectivity index (χ4v) is 2.79. The zero-order chi connectivity index (χ0) is 12.0. The summed E-state index contributed by atoms with van der Waals surface area (Å²) >= 11 is 0. The van der Waals surface area contributed by atoms with Crippen LogP contribution in [0.15, 0.2) is 0 Å². The third-order valence-electron chi connectivity index (χ3n) is 4.20. The van der Waals surface area contributed by atoms with Gasteiger partial charge in [-0.2, -0.15) is 0 Å². The van der Waals surface area contributed by atoms with E-state index in [4.69, 9.17) is 5.11 Å². The molecule has 3 fully saturated rings. The minimum Gasteiger partial charge on any atom is -0.480 e. The summed E-state index contributed by atoms with van der Waals surface area (Å²) in [6.45, 7) is 0.558. The van der Waals surface area contributed by atoms with E-state index in [1.807, 2.05) is 0 Å². The lowest BCUT2D eigenvalue weighted by molar-refractivity contribution is -0.145. The van der Waals surface area contributed by atoms with Gasteiger partial charge in [0.25, 0.3) is 0 Å². The smallest absolute Gasteiger partial charge is 0.323 e. The van der Waals surface area contributed by atoms with Crippen LogP contribution in [0.3, 0.4) is 0 Å². The van der Waals surface area contributed by atoms with Gasteiger partial charge in [-0.15, -0.1) is 0 Å². The summed E-state index contributed by atoms with van der Waals surface area (Å²) in [5.74, 6) is 1.30. The van der Waals surface area contributed by atoms with Gasteiger partial charge in [-0.05, 0) is 49.9 Å². The molecule has 2 atom stereocenters. The first kappa shape index (κ1) is 11.1. The van der Waals surface area contributed by atoms with Crippen molar-refractivity contribution >= 4 is 11.9 Å². The van der Waals surface area contributed by atoms with E-state index in [0.717, 1.165) is 25.2 Å². The SMILES string of the molecule is O=C(O)CN(CC1CC1)C(=O)[C@@H]1C[C@H]1C1CC1. The van der Waals surface area contributed by atoms with E-state index < -0.39 is 5.97 Å². The largest absolute Gasteiger partial charge is 0.480 e. The number of amides is 1. The second-order valence-corrected chi connectivity index (χ2v) is 5.90. The molecule has 0 aromatic carbocycles. The molecule has 17 heavy (non-hydrogen) atoms. The maximum absolute atomic E-state index is 12.2. The minimum atomic E-state index is -0.886. The first-order valence-electron chi connectivity index (χ1n) is 6.65. The number of carbonyl (C=O) groups is 2. The third kappa shape index (κ3) is 2.61. The predicted octanol–water partition coefficient (Wildman–Crippen LogP) is 1.36. The molecule has 3 aliphatic carbocycles. The molecule has 3 rings (SSSR count). The van der Waals surface area contributed by atoms with Crippen LogP contribution in [-0.4, -0.2) is 35.0 Å². The first-order valence-corrected chi connectivity index (χ1v) is 6.65. The minimum absolute atomic E-state index is 0.108. The maximum Gasteiger partial charge on any atom is 0.323 e. The first-order chi connectivity index (χ1) is 8.15. The molecule has 1 N–H and O–H groups in total. The number of rotatable bonds is 6. The molecule has 0 heterocycles. The van der Waals surface area contributed by atoms with Crippen LogP contribution in [0, 0.1) is 23.7 Å². The molecule has 3 aliphatic rings. The Hall–Kier alpha value is -1.06. The monoisotopic (exact) mass is 237 g/mol. The van der Waals surface area contributed by atoms with Crippen molar-refractivity contribution in [2.45, 2.75) is 32.1 Å². The average molecular weight is 237 g/mol. The van der Waals surface area contributed by atoms with Crippen LogP contribution < -0.4 is 0 Å². The van der Waals surface area contributed by atoms with Crippen molar-refractivity contribution in [3.05, 3.63) is 0 Å². The quantitative estimate of drug-likeness (QED) is 0.758. The molecule has 0 radical (unpaired) electrons. The summed E-state index contributed by atoms with van der Waals surface area (Å²) in [6.07, 6.45) is 5.86. The van der Waals surface area contributed by atoms with Crippen molar-refractivity contribution in [3.8, 4) is 0 Å². The van der Waals surface area contributed by atoms with E-state index in [9.17, 15) is 9.59 Å². The number of carbonyl (C=O) groups excluding carboxylic acids is 1. The molecular formula is C13H19NO3. The molecule has 0 aromatic rings. The van der Waals surface area contributed by atoms with Gasteiger partial charge in [0, 0.05) is 12.5 Å². The van der Waals surface area contributed by atoms with Crippen LogP contribution in [0.25, 0.3) is 0 Å². The highest BCUT2D eigenvalue weighted by molar-refractivity contribution is 5.85. The molecule has 0 unspecified atom stereocenters. The Bertz CT molecular complexity index is 347. The van der Waals surface area contributed by atoms with Crippen LogP contribution in [0.2, 0.25) is 0 Å². The topological polar surface area (TPSA) is 57.6 Å². The van der Waals surface area contributed by atoms with Crippen molar-refractivity contribution in [2.75, 3.05) is 13.1 Å². The van der Waals surface area contributed by atoms with Crippen molar-refractivity contribution in [2.24, 2.45) is 23.7 Å². The second-order valence-electron chi connectivity index (χ2n) is 5.90. The number of nitrogens with zero attached hydrogens (tertiary/aromatic N) is 1. The van der Waals surface area contributed by atoms with Gasteiger partial charge >= 0.3 is 5.97 Å². The third-order valence-corrected chi connectivity index (χ3v) is 4.20. The van der Waals surface area contributed by atoms with E-state index >= 15 is 0 Å². The van der Waals surface area contributed by atoms with Gasteiger partial charge < -0.3 is 10.0 Å². The van der Waals surface area contributed by atoms with Crippen molar-refractivity contribution in [1.82, 2.24) is 4.90 Å². The molecule has 0 bridgehead atoms. The molecule has 0 aliphatic heterocycles. The zero-order valence-electron chi connectivity index (χ0n) is 9.97. The molecule has 94 valence electrons. The fourth-order valence-electron chi connectivity index (χ4n) is 2.79. The number of hydrogen-bond donors (Lipinski definition) is 1. The zero-order valence-corrected chi connectivity index (χ0v) is 9.97. The van der Waals surface area contributed by atoms with Crippen LogP contribution in [0.5, 0.6) is 0 Å².